The number of hydrogen-bond acceptors (Lipinski definition) is 14. The third-order valence-corrected chi connectivity index (χ3v) is 30.9. The van der Waals surface area contributed by atoms with Gasteiger partial charge >= 0.3 is 30.9 Å². The van der Waals surface area contributed by atoms with Gasteiger partial charge < -0.3 is 55.1 Å². The first-order valence-corrected chi connectivity index (χ1v) is 50.9. The lowest BCUT2D eigenvalue weighted by Gasteiger charge is -2.37. The summed E-state index contributed by atoms with van der Waals surface area (Å²) < 4.78 is 222. The number of aliphatic hydroxyl groups is 6. The molecule has 0 saturated heterocycles. The molecule has 0 bridgehead atoms. The topological polar surface area (TPSA) is 294 Å². The Morgan fingerprint density at radius 3 is 0.703 bits per heavy atom. The van der Waals surface area contributed by atoms with E-state index in [4.69, 9.17) is 15.8 Å². The molecule has 9 fully saturated rings. The van der Waals surface area contributed by atoms with Crippen LogP contribution in [0, 0.1) is 51.7 Å². The summed E-state index contributed by atoms with van der Waals surface area (Å²) in [6, 6.07) is 47.6. The van der Waals surface area contributed by atoms with Crippen LogP contribution in [-0.4, -0.2) is 189 Å². The first kappa shape index (κ1) is 116. The normalized spacial score (nSPS) is 23.2. The van der Waals surface area contributed by atoms with E-state index in [1.807, 2.05) is 70.2 Å². The number of carbonyl (C=O) groups excluding carboxylic acids is 5. The van der Waals surface area contributed by atoms with Crippen molar-refractivity contribution < 1.29 is 129 Å². The molecule has 5 atom stereocenters. The number of nitrogens with zero attached hydrogens (tertiary/aromatic N) is 8. The van der Waals surface area contributed by atoms with Crippen LogP contribution >= 0.6 is 0 Å². The average Bonchev–Trinajstić information content (AvgIpc) is 1.73. The Labute approximate surface area is 851 Å². The van der Waals surface area contributed by atoms with Crippen LogP contribution in [0.25, 0.3) is 0 Å². The molecule has 5 amide bonds. The number of hydrogen-bond donors (Lipinski definition) is 6. The second-order valence-electron chi connectivity index (χ2n) is 42.1. The Kier molecular flexibility index (Phi) is 36.9. The van der Waals surface area contributed by atoms with E-state index in [-0.39, 0.29) is 155 Å². The van der Waals surface area contributed by atoms with Crippen molar-refractivity contribution in [1.29, 1.82) is 15.8 Å². The fraction of sp³-hybridized carbons (Fsp3) is 0.554. The molecule has 36 heteroatoms. The smallest absolute Gasteiger partial charge is 0.393 e. The maximum atomic E-state index is 13.4. The van der Waals surface area contributed by atoms with Crippen LogP contribution in [-0.2, 0) is 40.8 Å². The molecule has 19 nitrogen and oxygen atoms in total. The lowest BCUT2D eigenvalue weighted by atomic mass is 9.81. The summed E-state index contributed by atoms with van der Waals surface area (Å²) in [7, 11) is 0. The van der Waals surface area contributed by atoms with Gasteiger partial charge in [-0.1, -0.05) is 84.9 Å². The lowest BCUT2D eigenvalue weighted by Crippen LogP contribution is -2.45. The highest BCUT2D eigenvalue weighted by Crippen LogP contribution is 2.49. The fourth-order valence-electron chi connectivity index (χ4n) is 20.5. The van der Waals surface area contributed by atoms with Crippen LogP contribution in [0.1, 0.15) is 330 Å². The third-order valence-electron chi connectivity index (χ3n) is 30.9. The van der Waals surface area contributed by atoms with Crippen molar-refractivity contribution >= 4 is 29.5 Å². The van der Waals surface area contributed by atoms with Gasteiger partial charge in [0.25, 0.3) is 29.5 Å². The minimum atomic E-state index is -4.84. The van der Waals surface area contributed by atoms with Gasteiger partial charge in [0, 0.05) is 108 Å². The molecule has 9 saturated carbocycles. The Morgan fingerprint density at radius 2 is 0.500 bits per heavy atom. The Hall–Kier alpha value is -11.1. The number of rotatable bonds is 25. The Balaban J connectivity index is 0.000000165. The van der Waals surface area contributed by atoms with Crippen LogP contribution < -0.4 is 0 Å². The highest BCUT2D eigenvalue weighted by molar-refractivity contribution is 5.97. The maximum absolute atomic E-state index is 13.4. The van der Waals surface area contributed by atoms with E-state index in [0.29, 0.717) is 105 Å². The van der Waals surface area contributed by atoms with Crippen molar-refractivity contribution in [2.45, 2.75) is 366 Å². The highest BCUT2D eigenvalue weighted by atomic mass is 19.4. The van der Waals surface area contributed by atoms with Gasteiger partial charge in [-0.05, 0) is 363 Å². The Morgan fingerprint density at radius 1 is 0.297 bits per heavy atom. The molecule has 9 aliphatic rings. The summed E-state index contributed by atoms with van der Waals surface area (Å²) in [6.45, 7) is 5.83. The molecule has 0 unspecified atom stereocenters. The summed E-state index contributed by atoms with van der Waals surface area (Å²) >= 11 is 0. The molecule has 0 spiro atoms. The van der Waals surface area contributed by atoms with Crippen LogP contribution in [0.2, 0.25) is 0 Å². The van der Waals surface area contributed by atoms with E-state index in [1.165, 1.54) is 108 Å². The minimum absolute atomic E-state index is 0.00665. The zero-order valence-electron chi connectivity index (χ0n) is 83.5. The number of aliphatic hydroxyl groups excluding tert-OH is 1. The number of nitriles is 3. The number of benzene rings is 7. The Bertz CT molecular complexity index is 5550. The van der Waals surface area contributed by atoms with Crippen molar-refractivity contribution in [3.8, 4) is 18.2 Å². The third kappa shape index (κ3) is 28.6. The summed E-state index contributed by atoms with van der Waals surface area (Å²) in [6.07, 6.45) is -0.732. The van der Waals surface area contributed by atoms with Gasteiger partial charge in [-0.15, -0.1) is 0 Å². The summed E-state index contributed by atoms with van der Waals surface area (Å²) in [5.74, 6) is -2.29. The second-order valence-corrected chi connectivity index (χ2v) is 42.1. The van der Waals surface area contributed by atoms with E-state index < -0.39 is 64.8 Å². The predicted octanol–water partition coefficient (Wildman–Crippen LogP) is 23.9. The van der Waals surface area contributed by atoms with Crippen LogP contribution in [0.15, 0.2) is 170 Å². The second kappa shape index (κ2) is 47.2. The van der Waals surface area contributed by atoms with Gasteiger partial charge in [-0.25, -0.2) is 8.78 Å². The molecule has 7 aromatic rings. The summed E-state index contributed by atoms with van der Waals surface area (Å²) in [5.41, 5.74) is -11.1. The molecular formula is C112H129F17N8O11. The van der Waals surface area contributed by atoms with Crippen LogP contribution in [0.4, 0.5) is 74.6 Å². The number of carbonyl (C=O) groups is 5. The molecule has 0 heterocycles. The molecule has 0 aromatic heterocycles. The zero-order chi connectivity index (χ0) is 108. The van der Waals surface area contributed by atoms with Gasteiger partial charge in [0.15, 0.2) is 28.0 Å². The van der Waals surface area contributed by atoms with E-state index in [0.717, 1.165) is 179 Å². The molecule has 802 valence electrons. The van der Waals surface area contributed by atoms with E-state index >= 15 is 0 Å². The van der Waals surface area contributed by atoms with Crippen molar-refractivity contribution in [2.75, 3.05) is 6.54 Å². The minimum Gasteiger partial charge on any atom is -0.393 e. The highest BCUT2D eigenvalue weighted by Gasteiger charge is 2.57. The molecule has 0 radical (unpaired) electrons. The maximum Gasteiger partial charge on any atom is 0.421 e. The van der Waals surface area contributed by atoms with Crippen LogP contribution in [0.5, 0.6) is 0 Å². The molecule has 9 aliphatic carbocycles. The van der Waals surface area contributed by atoms with Crippen LogP contribution in [0.3, 0.4) is 0 Å². The standard InChI is InChI=1S/2C27H29F3N2O2.C21H25F3N2O2.C19H22F5NO2.C18H24F3NO3/c2*1-26(34,27(28,29)30)22-10-8-21(9-11-22)25(33)32(24-14-15-24)23-12-6-19(7-13-23)16-18-2-4-20(17-31)5-3-18;1-20(28,21(22,23)24)16-6-4-15(5-7-16)19(27)26(18-10-11-18)17-8-2-14(3-9-17)12-13-25;1-17(27,19(22,23)24)13-4-2-12(3-5-13)16(26)25(14-6-7-14)15-8-10-18(20,21)11-9-15;1-3-22(14-8-10-15(23)11-9-14)16(24)12-4-6-13(7-5-12)17(2,25)18(19,20)21/h2*2-5,8-11,19,23-24,34H,6-7,12-16H2,1H3;4-7,14,17-18,28H,2-3,8-12H2,1H3;2-5,14-15,27H,6-11H2,1H3;4-7,14-15,23,25H,3,8-11H2,1-2H3/t2*19?,23?,26-;14?,17?,20-;17-;14?,15?,17-/m00000/s1. The molecule has 0 aliphatic heterocycles. The molecular weight excluding hydrogens is 1960 g/mol. The first-order chi connectivity index (χ1) is 69.3. The average molecular weight is 2090 g/mol. The van der Waals surface area contributed by atoms with Crippen molar-refractivity contribution in [1.82, 2.24) is 24.5 Å². The number of alkyl halides is 17. The summed E-state index contributed by atoms with van der Waals surface area (Å²) in [4.78, 5) is 74.5. The van der Waals surface area contributed by atoms with E-state index in [1.54, 1.807) is 9.80 Å². The van der Waals surface area contributed by atoms with Crippen molar-refractivity contribution in [2.24, 2.45) is 17.8 Å². The molecule has 6 N–H and O–H groups in total. The van der Waals surface area contributed by atoms with Gasteiger partial charge in [-0.2, -0.15) is 81.6 Å². The molecule has 16 rings (SSSR count). The van der Waals surface area contributed by atoms with Crippen molar-refractivity contribution in [3.05, 3.63) is 248 Å². The molecule has 148 heavy (non-hydrogen) atoms. The van der Waals surface area contributed by atoms with E-state index in [9.17, 15) is 129 Å². The van der Waals surface area contributed by atoms with Gasteiger partial charge in [-0.3, -0.25) is 24.0 Å². The largest absolute Gasteiger partial charge is 0.421 e. The van der Waals surface area contributed by atoms with Gasteiger partial charge in [0.05, 0.1) is 35.4 Å². The molecule has 7 aromatic carbocycles. The number of amides is 5. The fourth-order valence-corrected chi connectivity index (χ4v) is 20.5. The van der Waals surface area contributed by atoms with Crippen molar-refractivity contribution in [3.63, 3.8) is 0 Å². The number of halogens is 17. The lowest BCUT2D eigenvalue weighted by molar-refractivity contribution is -0.259. The SMILES string of the molecule is CCN(C(=O)c1ccc([C@](C)(O)C(F)(F)F)cc1)C1CCC(O)CC1.C[C@](O)(c1ccc(C(=O)N(C2CC2)C2CCC(F)(F)CC2)cc1)C(F)(F)F.C[C@](O)(c1ccc(C(=O)N(C2CCC(CC#N)CC2)C2CC2)cc1)C(F)(F)F.C[C@](O)(c1ccc(C(=O)N(C2CCC(Cc3ccc(C#N)cc3)CC2)C2CC2)cc1)C(F)(F)F.C[C@](O)(c1ccc(C(=O)N(C2CCC(Cc3ccc(C#N)cc3)CC2)C2CC2)cc1)C(F)(F)F. The van der Waals surface area contributed by atoms with Gasteiger partial charge in [0.2, 0.25) is 5.92 Å². The monoisotopic (exact) mass is 2080 g/mol. The zero-order valence-corrected chi connectivity index (χ0v) is 83.5. The quantitative estimate of drug-likeness (QED) is 0.0290. The predicted molar refractivity (Wildman–Crippen MR) is 516 cm³/mol. The first-order valence-electron chi connectivity index (χ1n) is 50.9. The van der Waals surface area contributed by atoms with E-state index in [2.05, 4.69) is 18.2 Å². The van der Waals surface area contributed by atoms with Gasteiger partial charge in [0.1, 0.15) is 0 Å². The summed E-state index contributed by atoms with van der Waals surface area (Å²) in [5, 5.41) is 85.3.